The molecule has 0 aliphatic heterocycles. The zero-order valence-corrected chi connectivity index (χ0v) is 14.8. The van der Waals surface area contributed by atoms with Gasteiger partial charge in [-0.1, -0.05) is 6.92 Å². The summed E-state index contributed by atoms with van der Waals surface area (Å²) in [5, 5.41) is 7.92. The van der Waals surface area contributed by atoms with E-state index in [1.165, 1.54) is 11.3 Å². The zero-order chi connectivity index (χ0) is 16.8. The Hall–Kier alpha value is -2.28. The number of anilines is 1. The molecular weight excluding hydrogens is 322 g/mol. The number of carbonyl (C=O) groups excluding carboxylic acids is 1. The lowest BCUT2D eigenvalue weighted by Crippen LogP contribution is -2.13. The lowest BCUT2D eigenvalue weighted by molar-refractivity contribution is 0.102. The molecule has 1 amide bonds. The van der Waals surface area contributed by atoms with E-state index in [0.29, 0.717) is 22.4 Å². The molecule has 3 aromatic rings. The zero-order valence-electron chi connectivity index (χ0n) is 14.0. The van der Waals surface area contributed by atoms with Gasteiger partial charge in [-0.3, -0.25) is 10.1 Å². The van der Waals surface area contributed by atoms with E-state index in [1.807, 2.05) is 19.9 Å². The van der Waals surface area contributed by atoms with Crippen LogP contribution in [0.25, 0.3) is 5.65 Å². The maximum absolute atomic E-state index is 12.5. The molecule has 1 atom stereocenters. The lowest BCUT2D eigenvalue weighted by atomic mass is 9.93. The van der Waals surface area contributed by atoms with E-state index in [9.17, 15) is 4.79 Å². The van der Waals surface area contributed by atoms with Crippen LogP contribution in [0.15, 0.2) is 12.1 Å². The fourth-order valence-electron chi connectivity index (χ4n) is 3.15. The predicted octanol–water partition coefficient (Wildman–Crippen LogP) is 3.18. The van der Waals surface area contributed by atoms with E-state index in [-0.39, 0.29) is 5.91 Å². The smallest absolute Gasteiger partial charge is 0.278 e. The van der Waals surface area contributed by atoms with Crippen LogP contribution in [0.2, 0.25) is 0 Å². The Morgan fingerprint density at radius 3 is 3.00 bits per heavy atom. The fourth-order valence-corrected chi connectivity index (χ4v) is 4.32. The highest BCUT2D eigenvalue weighted by Crippen LogP contribution is 2.32. The standard InChI is InChI=1S/C17H19N5OS/c1-9-4-5-12-14(6-9)24-17(19-12)20-16(23)13-8-15-18-10(2)7-11(3)22(15)21-13/h7-9H,4-6H2,1-3H3,(H,19,20,23)/t9-/m0/s1. The maximum atomic E-state index is 12.5. The molecule has 0 aromatic carbocycles. The van der Waals surface area contributed by atoms with E-state index < -0.39 is 0 Å². The number of amides is 1. The number of carbonyl (C=O) groups is 1. The molecule has 0 fully saturated rings. The van der Waals surface area contributed by atoms with Gasteiger partial charge < -0.3 is 0 Å². The molecule has 0 saturated heterocycles. The van der Waals surface area contributed by atoms with Crippen molar-refractivity contribution >= 4 is 28.0 Å². The first-order chi connectivity index (χ1) is 11.5. The molecule has 4 rings (SSSR count). The predicted molar refractivity (Wildman–Crippen MR) is 93.7 cm³/mol. The Morgan fingerprint density at radius 2 is 2.17 bits per heavy atom. The van der Waals surface area contributed by atoms with Crippen molar-refractivity contribution in [2.24, 2.45) is 5.92 Å². The van der Waals surface area contributed by atoms with Crippen LogP contribution in [0, 0.1) is 19.8 Å². The summed E-state index contributed by atoms with van der Waals surface area (Å²) in [6.45, 7) is 6.14. The summed E-state index contributed by atoms with van der Waals surface area (Å²) in [6.07, 6.45) is 3.22. The van der Waals surface area contributed by atoms with Crippen LogP contribution in [-0.2, 0) is 12.8 Å². The van der Waals surface area contributed by atoms with Gasteiger partial charge in [0.2, 0.25) is 0 Å². The first-order valence-electron chi connectivity index (χ1n) is 8.13. The number of nitrogens with zero attached hydrogens (tertiary/aromatic N) is 4. The number of hydrogen-bond donors (Lipinski definition) is 1. The van der Waals surface area contributed by atoms with Crippen LogP contribution < -0.4 is 5.32 Å². The maximum Gasteiger partial charge on any atom is 0.278 e. The largest absolute Gasteiger partial charge is 0.296 e. The minimum atomic E-state index is -0.239. The van der Waals surface area contributed by atoms with E-state index in [1.54, 1.807) is 21.9 Å². The number of aromatic nitrogens is 4. The topological polar surface area (TPSA) is 72.2 Å². The second kappa shape index (κ2) is 5.66. The highest BCUT2D eigenvalue weighted by Gasteiger charge is 2.21. The molecule has 3 heterocycles. The van der Waals surface area contributed by atoms with E-state index in [2.05, 4.69) is 27.3 Å². The molecule has 3 aromatic heterocycles. The van der Waals surface area contributed by atoms with Gasteiger partial charge in [-0.05, 0) is 45.1 Å². The van der Waals surface area contributed by atoms with E-state index >= 15 is 0 Å². The molecule has 1 N–H and O–H groups in total. The van der Waals surface area contributed by atoms with Crippen LogP contribution >= 0.6 is 11.3 Å². The van der Waals surface area contributed by atoms with Gasteiger partial charge in [-0.15, -0.1) is 11.3 Å². The molecule has 1 aliphatic carbocycles. The average molecular weight is 341 g/mol. The van der Waals surface area contributed by atoms with Crippen molar-refractivity contribution in [2.75, 3.05) is 5.32 Å². The highest BCUT2D eigenvalue weighted by molar-refractivity contribution is 7.15. The van der Waals surface area contributed by atoms with Crippen LogP contribution in [0.3, 0.4) is 0 Å². The first-order valence-corrected chi connectivity index (χ1v) is 8.95. The molecule has 1 aliphatic rings. The second-order valence-corrected chi connectivity index (χ2v) is 7.61. The molecule has 7 heteroatoms. The van der Waals surface area contributed by atoms with Crippen molar-refractivity contribution < 1.29 is 4.79 Å². The fraction of sp³-hybridized carbons (Fsp3) is 0.412. The number of hydrogen-bond acceptors (Lipinski definition) is 5. The molecule has 0 radical (unpaired) electrons. The van der Waals surface area contributed by atoms with E-state index in [0.717, 1.165) is 29.9 Å². The number of nitrogens with one attached hydrogen (secondary N) is 1. The quantitative estimate of drug-likeness (QED) is 0.777. The summed E-state index contributed by atoms with van der Waals surface area (Å²) >= 11 is 1.58. The Kier molecular flexibility index (Phi) is 3.60. The van der Waals surface area contributed by atoms with Gasteiger partial charge in [0.1, 0.15) is 0 Å². The average Bonchev–Trinajstić information content (AvgIpc) is 3.10. The van der Waals surface area contributed by atoms with Crippen LogP contribution in [-0.4, -0.2) is 25.5 Å². The summed E-state index contributed by atoms with van der Waals surface area (Å²) in [7, 11) is 0. The third-order valence-electron chi connectivity index (χ3n) is 4.37. The van der Waals surface area contributed by atoms with Crippen LogP contribution in [0.1, 0.15) is 45.8 Å². The van der Waals surface area contributed by atoms with Gasteiger partial charge in [0.05, 0.1) is 5.69 Å². The van der Waals surface area contributed by atoms with Crippen LogP contribution in [0.4, 0.5) is 5.13 Å². The first kappa shape index (κ1) is 15.3. The Morgan fingerprint density at radius 1 is 1.33 bits per heavy atom. The third kappa shape index (κ3) is 2.69. The lowest BCUT2D eigenvalue weighted by Gasteiger charge is -2.15. The number of fused-ring (bicyclic) bond motifs is 2. The summed E-state index contributed by atoms with van der Waals surface area (Å²) < 4.78 is 1.69. The van der Waals surface area contributed by atoms with Crippen molar-refractivity contribution in [1.29, 1.82) is 0 Å². The van der Waals surface area contributed by atoms with Gasteiger partial charge in [0, 0.05) is 22.3 Å². The number of rotatable bonds is 2. The SMILES string of the molecule is Cc1cc(C)n2nc(C(=O)Nc3nc4c(s3)C[C@@H](C)CC4)cc2n1. The second-order valence-electron chi connectivity index (χ2n) is 6.53. The molecule has 0 unspecified atom stereocenters. The van der Waals surface area contributed by atoms with Gasteiger partial charge in [-0.2, -0.15) is 5.10 Å². The summed E-state index contributed by atoms with van der Waals surface area (Å²) in [6, 6.07) is 3.66. The van der Waals surface area contributed by atoms with Gasteiger partial charge in [0.15, 0.2) is 16.5 Å². The van der Waals surface area contributed by atoms with Crippen molar-refractivity contribution in [1.82, 2.24) is 19.6 Å². The van der Waals surface area contributed by atoms with Gasteiger partial charge >= 0.3 is 0 Å². The highest BCUT2D eigenvalue weighted by atomic mass is 32.1. The number of aryl methyl sites for hydroxylation is 3. The molecule has 24 heavy (non-hydrogen) atoms. The molecule has 0 saturated carbocycles. The summed E-state index contributed by atoms with van der Waals surface area (Å²) in [4.78, 5) is 22.8. The summed E-state index contributed by atoms with van der Waals surface area (Å²) in [5.41, 5.74) is 4.04. The Balaban J connectivity index is 1.59. The van der Waals surface area contributed by atoms with E-state index in [4.69, 9.17) is 0 Å². The van der Waals surface area contributed by atoms with Crippen molar-refractivity contribution in [2.45, 2.75) is 40.0 Å². The normalized spacial score (nSPS) is 17.0. The Labute approximate surface area is 143 Å². The van der Waals surface area contributed by atoms with Crippen LogP contribution in [0.5, 0.6) is 0 Å². The molecule has 6 nitrogen and oxygen atoms in total. The van der Waals surface area contributed by atoms with Gasteiger partial charge in [-0.25, -0.2) is 14.5 Å². The summed E-state index contributed by atoms with van der Waals surface area (Å²) in [5.74, 6) is 0.453. The molecule has 124 valence electrons. The molecule has 0 spiro atoms. The van der Waals surface area contributed by atoms with Crippen molar-refractivity contribution in [3.05, 3.63) is 39.8 Å². The van der Waals surface area contributed by atoms with Crippen molar-refractivity contribution in [3.8, 4) is 0 Å². The third-order valence-corrected chi connectivity index (χ3v) is 5.41. The Bertz CT molecular complexity index is 942. The monoisotopic (exact) mass is 341 g/mol. The minimum Gasteiger partial charge on any atom is -0.296 e. The minimum absolute atomic E-state index is 0.239. The molecule has 0 bridgehead atoms. The molecular formula is C17H19N5OS. The van der Waals surface area contributed by atoms with Crippen molar-refractivity contribution in [3.63, 3.8) is 0 Å². The van der Waals surface area contributed by atoms with Gasteiger partial charge in [0.25, 0.3) is 5.91 Å². The number of thiazole rings is 1.